The Morgan fingerprint density at radius 2 is 1.28 bits per heavy atom. The predicted octanol–water partition coefficient (Wildman–Crippen LogP) is 4.29. The molecule has 0 saturated carbocycles. The summed E-state index contributed by atoms with van der Waals surface area (Å²) in [4.78, 5) is 2.17. The summed E-state index contributed by atoms with van der Waals surface area (Å²) in [6.45, 7) is 2.60. The van der Waals surface area contributed by atoms with Gasteiger partial charge in [-0.2, -0.15) is 10.2 Å². The third kappa shape index (κ3) is 4.79. The van der Waals surface area contributed by atoms with Crippen LogP contribution in [0.1, 0.15) is 6.92 Å². The van der Waals surface area contributed by atoms with Gasteiger partial charge in [-0.15, -0.1) is 0 Å². The molecule has 0 aromatic heterocycles. The van der Waals surface area contributed by atoms with E-state index in [0.29, 0.717) is 23.6 Å². The average Bonchev–Trinajstić information content (AvgIpc) is 2.74. The van der Waals surface area contributed by atoms with Crippen molar-refractivity contribution >= 4 is 32.6 Å². The van der Waals surface area contributed by atoms with Gasteiger partial charge < -0.3 is 15.7 Å². The minimum Gasteiger partial charge on any atom is -0.399 e. The molecule has 150 valence electrons. The van der Waals surface area contributed by atoms with Crippen molar-refractivity contribution in [1.82, 2.24) is 0 Å². The first kappa shape index (κ1) is 20.5. The molecular weight excluding hydrogens is 388 g/mol. The lowest BCUT2D eigenvalue weighted by molar-refractivity contribution is 0.293. The first-order valence-electron chi connectivity index (χ1n) is 9.02. The molecule has 0 heterocycles. The lowest BCUT2D eigenvalue weighted by Gasteiger charge is -2.19. The summed E-state index contributed by atoms with van der Waals surface area (Å²) in [5.74, 6) is 0. The van der Waals surface area contributed by atoms with Crippen LogP contribution in [0.3, 0.4) is 0 Å². The summed E-state index contributed by atoms with van der Waals surface area (Å²) in [7, 11) is -3.61. The van der Waals surface area contributed by atoms with Crippen LogP contribution in [0.5, 0.6) is 0 Å². The SMILES string of the molecule is CCN(CO)c1ccc(N=Nc2ccc(S(=O)(=O)c3ccc(N)cc3)cc2)cc1. The topological polar surface area (TPSA) is 108 Å². The van der Waals surface area contributed by atoms with Crippen molar-refractivity contribution in [2.45, 2.75) is 16.7 Å². The highest BCUT2D eigenvalue weighted by molar-refractivity contribution is 7.91. The number of aliphatic hydroxyl groups excluding tert-OH is 1. The molecule has 29 heavy (non-hydrogen) atoms. The van der Waals surface area contributed by atoms with Crippen LogP contribution in [0.15, 0.2) is 92.8 Å². The van der Waals surface area contributed by atoms with E-state index < -0.39 is 9.84 Å². The maximum atomic E-state index is 12.7. The van der Waals surface area contributed by atoms with E-state index in [1.165, 1.54) is 24.3 Å². The lowest BCUT2D eigenvalue weighted by atomic mass is 10.2. The highest BCUT2D eigenvalue weighted by Gasteiger charge is 2.17. The Hall–Kier alpha value is -3.23. The minimum absolute atomic E-state index is 0.0526. The second-order valence-corrected chi connectivity index (χ2v) is 8.23. The standard InChI is InChI=1S/C21H22N4O3S/c1-2-25(15-26)19-9-5-17(6-10-19)23-24-18-7-13-21(14-8-18)29(27,28)20-11-3-16(22)4-12-20/h3-14,26H,2,15,22H2,1H3. The maximum Gasteiger partial charge on any atom is 0.206 e. The van der Waals surface area contributed by atoms with Crippen LogP contribution >= 0.6 is 0 Å². The number of nitrogens with zero attached hydrogens (tertiary/aromatic N) is 3. The second kappa shape index (κ2) is 8.85. The summed E-state index contributed by atoms with van der Waals surface area (Å²) >= 11 is 0. The Labute approximate surface area is 170 Å². The highest BCUT2D eigenvalue weighted by Crippen LogP contribution is 2.26. The summed E-state index contributed by atoms with van der Waals surface area (Å²) in [5, 5.41) is 17.6. The quantitative estimate of drug-likeness (QED) is 0.343. The summed E-state index contributed by atoms with van der Waals surface area (Å²) in [5.41, 5.74) is 8.21. The molecule has 3 N–H and O–H groups in total. The molecule has 0 saturated heterocycles. The largest absolute Gasteiger partial charge is 0.399 e. The van der Waals surface area contributed by atoms with Gasteiger partial charge in [0.05, 0.1) is 21.2 Å². The van der Waals surface area contributed by atoms with Crippen molar-refractivity contribution in [3.63, 3.8) is 0 Å². The fourth-order valence-electron chi connectivity index (χ4n) is 2.68. The Balaban J connectivity index is 1.74. The van der Waals surface area contributed by atoms with Crippen LogP contribution < -0.4 is 10.6 Å². The van der Waals surface area contributed by atoms with Crippen molar-refractivity contribution in [1.29, 1.82) is 0 Å². The lowest BCUT2D eigenvalue weighted by Crippen LogP contribution is -2.23. The molecule has 8 heteroatoms. The number of nitrogens with two attached hydrogens (primary N) is 1. The van der Waals surface area contributed by atoms with Gasteiger partial charge in [0.2, 0.25) is 9.84 Å². The van der Waals surface area contributed by atoms with Crippen molar-refractivity contribution in [2.75, 3.05) is 23.9 Å². The van der Waals surface area contributed by atoms with E-state index in [-0.39, 0.29) is 16.5 Å². The van der Waals surface area contributed by atoms with Crippen molar-refractivity contribution in [3.8, 4) is 0 Å². The first-order chi connectivity index (χ1) is 13.9. The van der Waals surface area contributed by atoms with Crippen LogP contribution in [-0.4, -0.2) is 26.8 Å². The van der Waals surface area contributed by atoms with Gasteiger partial charge in [0.1, 0.15) is 6.73 Å². The van der Waals surface area contributed by atoms with Crippen LogP contribution in [0.2, 0.25) is 0 Å². The zero-order valence-corrected chi connectivity index (χ0v) is 16.7. The first-order valence-corrected chi connectivity index (χ1v) is 10.5. The van der Waals surface area contributed by atoms with Gasteiger partial charge in [0, 0.05) is 17.9 Å². The molecule has 3 aromatic carbocycles. The van der Waals surface area contributed by atoms with Gasteiger partial charge in [-0.1, -0.05) is 0 Å². The monoisotopic (exact) mass is 410 g/mol. The van der Waals surface area contributed by atoms with E-state index >= 15 is 0 Å². The van der Waals surface area contributed by atoms with E-state index in [1.54, 1.807) is 41.3 Å². The molecule has 0 fully saturated rings. The van der Waals surface area contributed by atoms with E-state index in [0.717, 1.165) is 5.69 Å². The molecular formula is C21H22N4O3S. The zero-order chi connectivity index (χ0) is 20.9. The van der Waals surface area contributed by atoms with E-state index in [9.17, 15) is 13.5 Å². The fourth-order valence-corrected chi connectivity index (χ4v) is 3.95. The Morgan fingerprint density at radius 1 is 0.828 bits per heavy atom. The molecule has 0 aliphatic rings. The molecule has 0 bridgehead atoms. The molecule has 0 radical (unpaired) electrons. The Bertz CT molecular complexity index is 1070. The fraction of sp³-hybridized carbons (Fsp3) is 0.143. The van der Waals surface area contributed by atoms with E-state index in [2.05, 4.69) is 10.2 Å². The molecule has 0 unspecified atom stereocenters. The second-order valence-electron chi connectivity index (χ2n) is 6.28. The van der Waals surface area contributed by atoms with Crippen LogP contribution in [0.4, 0.5) is 22.7 Å². The number of hydrogen-bond donors (Lipinski definition) is 2. The number of aliphatic hydroxyl groups is 1. The minimum atomic E-state index is -3.61. The molecule has 3 rings (SSSR count). The summed E-state index contributed by atoms with van der Waals surface area (Å²) in [6.07, 6.45) is 0. The van der Waals surface area contributed by atoms with Gasteiger partial charge in [-0.25, -0.2) is 8.42 Å². The smallest absolute Gasteiger partial charge is 0.206 e. The van der Waals surface area contributed by atoms with Gasteiger partial charge in [0.15, 0.2) is 0 Å². The summed E-state index contributed by atoms with van der Waals surface area (Å²) < 4.78 is 25.3. The molecule has 3 aromatic rings. The number of hydrogen-bond acceptors (Lipinski definition) is 7. The Kier molecular flexibility index (Phi) is 6.26. The van der Waals surface area contributed by atoms with Crippen LogP contribution in [-0.2, 0) is 9.84 Å². The molecule has 0 aliphatic carbocycles. The van der Waals surface area contributed by atoms with Gasteiger partial charge >= 0.3 is 0 Å². The van der Waals surface area contributed by atoms with Crippen LogP contribution in [0, 0.1) is 0 Å². The normalized spacial score (nSPS) is 11.7. The van der Waals surface area contributed by atoms with Gasteiger partial charge in [0.25, 0.3) is 0 Å². The van der Waals surface area contributed by atoms with E-state index in [4.69, 9.17) is 5.73 Å². The molecule has 0 aliphatic heterocycles. The number of nitrogen functional groups attached to an aromatic ring is 1. The van der Waals surface area contributed by atoms with Crippen molar-refractivity contribution in [3.05, 3.63) is 72.8 Å². The maximum absolute atomic E-state index is 12.7. The van der Waals surface area contributed by atoms with Crippen LogP contribution in [0.25, 0.3) is 0 Å². The summed E-state index contributed by atoms with van der Waals surface area (Å²) in [6, 6.07) is 19.6. The third-order valence-corrected chi connectivity index (χ3v) is 6.17. The average molecular weight is 410 g/mol. The van der Waals surface area contributed by atoms with E-state index in [1.807, 2.05) is 19.1 Å². The zero-order valence-electron chi connectivity index (χ0n) is 15.9. The molecule has 0 atom stereocenters. The number of azo groups is 1. The predicted molar refractivity (Wildman–Crippen MR) is 113 cm³/mol. The van der Waals surface area contributed by atoms with Crippen molar-refractivity contribution < 1.29 is 13.5 Å². The van der Waals surface area contributed by atoms with Crippen molar-refractivity contribution in [2.24, 2.45) is 10.2 Å². The van der Waals surface area contributed by atoms with Gasteiger partial charge in [-0.3, -0.25) is 0 Å². The van der Waals surface area contributed by atoms with Gasteiger partial charge in [-0.05, 0) is 79.7 Å². The highest BCUT2D eigenvalue weighted by atomic mass is 32.2. The molecule has 0 amide bonds. The number of sulfone groups is 1. The molecule has 0 spiro atoms. The third-order valence-electron chi connectivity index (χ3n) is 4.39. The molecule has 7 nitrogen and oxygen atoms in total. The number of rotatable bonds is 7. The number of benzene rings is 3. The Morgan fingerprint density at radius 3 is 1.72 bits per heavy atom. The number of anilines is 2.